The Labute approximate surface area is 94.7 Å². The van der Waals surface area contributed by atoms with Crippen LogP contribution in [-0.2, 0) is 0 Å². The van der Waals surface area contributed by atoms with E-state index in [0.29, 0.717) is 0 Å². The summed E-state index contributed by atoms with van der Waals surface area (Å²) in [4.78, 5) is 9.25. The molecule has 2 heterocycles. The monoisotopic (exact) mass is 226 g/mol. The van der Waals surface area contributed by atoms with E-state index in [0.717, 1.165) is 37.0 Å². The third kappa shape index (κ3) is 2.48. The number of anilines is 1. The van der Waals surface area contributed by atoms with Gasteiger partial charge in [-0.15, -0.1) is 11.3 Å². The molecule has 2 N–H and O–H groups in total. The number of nitrogens with zero attached hydrogens (tertiary/aromatic N) is 3. The largest absolute Gasteiger partial charge is 0.346 e. The Morgan fingerprint density at radius 1 is 1.40 bits per heavy atom. The topological polar surface area (TPSA) is 45.4 Å². The highest BCUT2D eigenvalue weighted by Gasteiger charge is 2.17. The van der Waals surface area contributed by atoms with Crippen LogP contribution < -0.4 is 10.6 Å². The minimum Gasteiger partial charge on any atom is -0.346 e. The van der Waals surface area contributed by atoms with Crippen LogP contribution in [0, 0.1) is 0 Å². The first-order chi connectivity index (χ1) is 7.16. The second kappa shape index (κ2) is 4.47. The highest BCUT2D eigenvalue weighted by Crippen LogP contribution is 2.23. The molecule has 1 aliphatic heterocycles. The average molecular weight is 226 g/mol. The zero-order valence-corrected chi connectivity index (χ0v) is 10.1. The van der Waals surface area contributed by atoms with E-state index in [1.165, 1.54) is 0 Å². The molecule has 1 aromatic rings. The van der Waals surface area contributed by atoms with Crippen LogP contribution in [0.15, 0.2) is 5.38 Å². The van der Waals surface area contributed by atoms with Crippen molar-refractivity contribution in [3.05, 3.63) is 11.1 Å². The first kappa shape index (κ1) is 10.9. The highest BCUT2D eigenvalue weighted by molar-refractivity contribution is 7.13. The van der Waals surface area contributed by atoms with Gasteiger partial charge in [0.2, 0.25) is 0 Å². The molecule has 1 aliphatic rings. The smallest absolute Gasteiger partial charge is 0.185 e. The molecule has 1 atom stereocenters. The zero-order chi connectivity index (χ0) is 10.8. The van der Waals surface area contributed by atoms with Crippen molar-refractivity contribution >= 4 is 16.5 Å². The SMILES string of the molecule is CC(N)c1csc(N2CCN(C)CC2)n1. The highest BCUT2D eigenvalue weighted by atomic mass is 32.1. The number of piperazine rings is 1. The molecule has 0 radical (unpaired) electrons. The van der Waals surface area contributed by atoms with Crippen molar-refractivity contribution in [3.63, 3.8) is 0 Å². The lowest BCUT2D eigenvalue weighted by Gasteiger charge is -2.32. The summed E-state index contributed by atoms with van der Waals surface area (Å²) < 4.78 is 0. The lowest BCUT2D eigenvalue weighted by Crippen LogP contribution is -2.44. The number of thiazole rings is 1. The molecule has 0 saturated carbocycles. The molecule has 84 valence electrons. The van der Waals surface area contributed by atoms with Crippen molar-refractivity contribution in [1.82, 2.24) is 9.88 Å². The van der Waals surface area contributed by atoms with Gasteiger partial charge in [0.15, 0.2) is 5.13 Å². The van der Waals surface area contributed by atoms with Crippen molar-refractivity contribution in [1.29, 1.82) is 0 Å². The normalized spacial score (nSPS) is 20.6. The number of rotatable bonds is 2. The summed E-state index contributed by atoms with van der Waals surface area (Å²) in [5.74, 6) is 0. The van der Waals surface area contributed by atoms with Crippen molar-refractivity contribution in [3.8, 4) is 0 Å². The molecular formula is C10H18N4S. The van der Waals surface area contributed by atoms with Gasteiger partial charge in [-0.05, 0) is 14.0 Å². The van der Waals surface area contributed by atoms with Gasteiger partial charge in [0, 0.05) is 37.6 Å². The maximum absolute atomic E-state index is 5.80. The van der Waals surface area contributed by atoms with Crippen molar-refractivity contribution < 1.29 is 0 Å². The standard InChI is InChI=1S/C10H18N4S/c1-8(11)9-7-15-10(12-9)14-5-3-13(2)4-6-14/h7-8H,3-6,11H2,1-2H3. The number of hydrogen-bond acceptors (Lipinski definition) is 5. The van der Waals surface area contributed by atoms with Crippen LogP contribution >= 0.6 is 11.3 Å². The number of likely N-dealkylation sites (N-methyl/N-ethyl adjacent to an activating group) is 1. The summed E-state index contributed by atoms with van der Waals surface area (Å²) in [6.45, 7) is 6.35. The first-order valence-electron chi connectivity index (χ1n) is 5.31. The van der Waals surface area contributed by atoms with E-state index < -0.39 is 0 Å². The first-order valence-corrected chi connectivity index (χ1v) is 6.19. The summed E-state index contributed by atoms with van der Waals surface area (Å²) in [7, 11) is 2.16. The van der Waals surface area contributed by atoms with Crippen LogP contribution in [-0.4, -0.2) is 43.1 Å². The van der Waals surface area contributed by atoms with Crippen molar-refractivity contribution in [2.45, 2.75) is 13.0 Å². The van der Waals surface area contributed by atoms with Crippen molar-refractivity contribution in [2.75, 3.05) is 38.1 Å². The van der Waals surface area contributed by atoms with E-state index >= 15 is 0 Å². The maximum Gasteiger partial charge on any atom is 0.185 e. The molecule has 2 rings (SSSR count). The minimum absolute atomic E-state index is 0.0439. The molecule has 1 unspecified atom stereocenters. The zero-order valence-electron chi connectivity index (χ0n) is 9.31. The Kier molecular flexibility index (Phi) is 3.23. The van der Waals surface area contributed by atoms with Crippen LogP contribution in [0.3, 0.4) is 0 Å². The van der Waals surface area contributed by atoms with Gasteiger partial charge in [-0.3, -0.25) is 0 Å². The van der Waals surface area contributed by atoms with E-state index in [9.17, 15) is 0 Å². The predicted octanol–water partition coefficient (Wildman–Crippen LogP) is 0.915. The van der Waals surface area contributed by atoms with E-state index in [-0.39, 0.29) is 6.04 Å². The summed E-state index contributed by atoms with van der Waals surface area (Å²) in [5.41, 5.74) is 6.80. The molecule has 0 bridgehead atoms. The minimum atomic E-state index is 0.0439. The molecule has 15 heavy (non-hydrogen) atoms. The third-order valence-corrected chi connectivity index (χ3v) is 3.67. The van der Waals surface area contributed by atoms with E-state index in [1.54, 1.807) is 11.3 Å². The van der Waals surface area contributed by atoms with Crippen LogP contribution in [0.5, 0.6) is 0 Å². The fourth-order valence-corrected chi connectivity index (χ4v) is 2.61. The second-order valence-corrected chi connectivity index (χ2v) is 4.97. The Morgan fingerprint density at radius 2 is 2.07 bits per heavy atom. The fourth-order valence-electron chi connectivity index (χ4n) is 1.63. The Balaban J connectivity index is 2.03. The number of hydrogen-bond donors (Lipinski definition) is 1. The summed E-state index contributed by atoms with van der Waals surface area (Å²) in [6.07, 6.45) is 0. The van der Waals surface area contributed by atoms with Gasteiger partial charge in [0.05, 0.1) is 5.69 Å². The molecule has 0 amide bonds. The molecule has 0 aliphatic carbocycles. The van der Waals surface area contributed by atoms with Crippen LogP contribution in [0.2, 0.25) is 0 Å². The summed E-state index contributed by atoms with van der Waals surface area (Å²) in [5, 5.41) is 3.19. The Hall–Kier alpha value is -0.650. The fraction of sp³-hybridized carbons (Fsp3) is 0.700. The molecular weight excluding hydrogens is 208 g/mol. The molecule has 1 aromatic heterocycles. The lowest BCUT2D eigenvalue weighted by molar-refractivity contribution is 0.312. The molecule has 0 aromatic carbocycles. The summed E-state index contributed by atoms with van der Waals surface area (Å²) >= 11 is 1.70. The maximum atomic E-state index is 5.80. The predicted molar refractivity (Wildman–Crippen MR) is 64.4 cm³/mol. The average Bonchev–Trinajstić information content (AvgIpc) is 2.68. The van der Waals surface area contributed by atoms with Gasteiger partial charge in [-0.25, -0.2) is 4.98 Å². The van der Waals surface area contributed by atoms with E-state index in [1.807, 2.05) is 6.92 Å². The summed E-state index contributed by atoms with van der Waals surface area (Å²) in [6, 6.07) is 0.0439. The van der Waals surface area contributed by atoms with Crippen LogP contribution in [0.1, 0.15) is 18.7 Å². The number of nitrogens with two attached hydrogens (primary N) is 1. The molecule has 4 nitrogen and oxygen atoms in total. The Morgan fingerprint density at radius 3 is 2.60 bits per heavy atom. The molecule has 5 heteroatoms. The van der Waals surface area contributed by atoms with E-state index in [2.05, 4.69) is 27.2 Å². The Bertz CT molecular complexity index is 315. The molecule has 1 saturated heterocycles. The van der Waals surface area contributed by atoms with Crippen LogP contribution in [0.25, 0.3) is 0 Å². The van der Waals surface area contributed by atoms with Gasteiger partial charge in [-0.1, -0.05) is 0 Å². The second-order valence-electron chi connectivity index (χ2n) is 4.13. The van der Waals surface area contributed by atoms with Gasteiger partial charge in [-0.2, -0.15) is 0 Å². The van der Waals surface area contributed by atoms with E-state index in [4.69, 9.17) is 5.73 Å². The quantitative estimate of drug-likeness (QED) is 0.814. The third-order valence-electron chi connectivity index (χ3n) is 2.75. The molecule has 1 fully saturated rings. The van der Waals surface area contributed by atoms with Gasteiger partial charge in [0.1, 0.15) is 0 Å². The number of aromatic nitrogens is 1. The molecule has 0 spiro atoms. The van der Waals surface area contributed by atoms with Crippen LogP contribution in [0.4, 0.5) is 5.13 Å². The van der Waals surface area contributed by atoms with Gasteiger partial charge < -0.3 is 15.5 Å². The van der Waals surface area contributed by atoms with Gasteiger partial charge in [0.25, 0.3) is 0 Å². The van der Waals surface area contributed by atoms with Gasteiger partial charge >= 0.3 is 0 Å². The van der Waals surface area contributed by atoms with Crippen molar-refractivity contribution in [2.24, 2.45) is 5.73 Å². The lowest BCUT2D eigenvalue weighted by atomic mass is 10.3.